The van der Waals surface area contributed by atoms with Gasteiger partial charge >= 0.3 is 0 Å². The summed E-state index contributed by atoms with van der Waals surface area (Å²) in [6.07, 6.45) is 3.99. The van der Waals surface area contributed by atoms with Crippen LogP contribution in [0.25, 0.3) is 0 Å². The van der Waals surface area contributed by atoms with Crippen LogP contribution in [0.1, 0.15) is 40.0 Å². The van der Waals surface area contributed by atoms with E-state index in [1.807, 2.05) is 0 Å². The van der Waals surface area contributed by atoms with Gasteiger partial charge in [-0.3, -0.25) is 0 Å². The Hall–Kier alpha value is -3.29. The molecule has 1 unspecified atom stereocenters. The fourth-order valence-corrected chi connectivity index (χ4v) is 40.5. The summed E-state index contributed by atoms with van der Waals surface area (Å²) in [5.74, 6) is 0. The molecular weight excluding hydrogens is 1210 g/mol. The van der Waals surface area contributed by atoms with Crippen LogP contribution in [0.3, 0.4) is 0 Å². The molecule has 7 aromatic carbocycles. The maximum Gasteiger partial charge on any atom is 0.112 e. The van der Waals surface area contributed by atoms with Gasteiger partial charge in [-0.05, 0) is 0 Å². The molecular formula is C77H126Si10. The summed E-state index contributed by atoms with van der Waals surface area (Å²) in [6.45, 7) is 61.6. The van der Waals surface area contributed by atoms with Crippen LogP contribution in [0.5, 0.6) is 0 Å². The molecule has 7 aromatic rings. The van der Waals surface area contributed by atoms with Gasteiger partial charge in [0.2, 0.25) is 0 Å². The van der Waals surface area contributed by atoms with Crippen LogP contribution in [0.15, 0.2) is 188 Å². The van der Waals surface area contributed by atoms with Crippen LogP contribution in [-0.2, 0) is 0 Å². The van der Waals surface area contributed by atoms with Crippen molar-refractivity contribution in [2.45, 2.75) is 226 Å². The smallest absolute Gasteiger partial charge is 0.0694 e. The molecule has 87 heavy (non-hydrogen) atoms. The van der Waals surface area contributed by atoms with Crippen molar-refractivity contribution >= 4 is 138 Å². The molecule has 0 aliphatic heterocycles. The summed E-state index contributed by atoms with van der Waals surface area (Å²) in [5.41, 5.74) is 0. The first kappa shape index (κ1) is 76.2. The molecule has 0 aromatic heterocycles. The molecule has 7 rings (SSSR count). The van der Waals surface area contributed by atoms with Crippen LogP contribution in [-0.4, -0.2) is 80.7 Å². The molecule has 0 fully saturated rings. The molecule has 0 aliphatic rings. The highest BCUT2D eigenvalue weighted by molar-refractivity contribution is 7.02. The van der Waals surface area contributed by atoms with Gasteiger partial charge in [-0.25, -0.2) is 0 Å². The second kappa shape index (κ2) is 32.3. The SMILES string of the molecule is CCC[Si](C)(C)CC[Si](C)(C)c1ccc([Si](C)(C)C)cc1.CCC[Si](C)(C)c1ccc([Si](C)(C)C)cc1.CCC[Si](C)(CC[Si](C)(C)c1ccc([Si](C)(C)C)cc1)c1ccccc1.C[Si](C)(c1ccccc1)c1ccc([Si](C)(C)c2ccccc2)cc1. The van der Waals surface area contributed by atoms with Gasteiger partial charge in [0.15, 0.2) is 0 Å². The lowest BCUT2D eigenvalue weighted by molar-refractivity contribution is 1.03. The summed E-state index contributed by atoms with van der Waals surface area (Å²) in [4.78, 5) is 0. The van der Waals surface area contributed by atoms with Crippen LogP contribution in [0, 0.1) is 0 Å². The average Bonchev–Trinajstić information content (AvgIpc) is 1.76. The van der Waals surface area contributed by atoms with Crippen molar-refractivity contribution in [3.63, 3.8) is 0 Å². The number of benzene rings is 7. The standard InChI is InChI=1S/C23H38Si3.C22H26Si2.C18H36Si3.C14H26Si2/c1-8-18-26(7,23-12-10-9-11-13-23)20-19-25(5,6)22-16-14-21(15-17-22)24(2,3)4;1-23(2,19-11-7-5-8-12-19)21-15-17-22(18-16-21)24(3,4)20-13-9-6-10-14-20;1-9-14-20(5,6)15-16-21(7,8)18-12-10-17(11-13-18)19(2,3)4;1-7-12-16(5,6)14-10-8-13(9-11-14)15(2,3)4/h9-17H,8,18-20H2,1-7H3;5-18H,1-4H3;10-13H,9,14-16H2,1-8H3;8-11H,7,12H2,1-6H3. The third kappa shape index (κ3) is 23.1. The first-order chi connectivity index (χ1) is 40.3. The van der Waals surface area contributed by atoms with Gasteiger partial charge in [0.05, 0.1) is 56.5 Å². The molecule has 1 atom stereocenters. The van der Waals surface area contributed by atoms with Gasteiger partial charge in [-0.2, -0.15) is 0 Å². The fourth-order valence-electron chi connectivity index (χ4n) is 12.5. The minimum absolute atomic E-state index is 0.945. The van der Waals surface area contributed by atoms with E-state index in [1.165, 1.54) is 82.3 Å². The van der Waals surface area contributed by atoms with E-state index in [9.17, 15) is 0 Å². The van der Waals surface area contributed by atoms with Crippen LogP contribution in [0.2, 0.25) is 186 Å². The van der Waals surface area contributed by atoms with E-state index in [1.54, 1.807) is 36.3 Å². The zero-order valence-electron chi connectivity index (χ0n) is 60.5. The lowest BCUT2D eigenvalue weighted by Crippen LogP contribution is -2.55. The maximum absolute atomic E-state index is 2.62. The predicted molar refractivity (Wildman–Crippen MR) is 432 cm³/mol. The van der Waals surface area contributed by atoms with E-state index in [2.05, 4.69) is 353 Å². The number of hydrogen-bond donors (Lipinski definition) is 0. The van der Waals surface area contributed by atoms with Gasteiger partial charge in [0.1, 0.15) is 16.1 Å². The van der Waals surface area contributed by atoms with Gasteiger partial charge in [-0.1, -0.05) is 471 Å². The zero-order valence-corrected chi connectivity index (χ0v) is 70.5. The summed E-state index contributed by atoms with van der Waals surface area (Å²) in [5, 5.41) is 17.3. The first-order valence-electron chi connectivity index (χ1n) is 33.9. The molecule has 0 nitrogen and oxygen atoms in total. The Morgan fingerprint density at radius 2 is 0.425 bits per heavy atom. The number of rotatable bonds is 23. The molecule has 0 heterocycles. The van der Waals surface area contributed by atoms with Crippen molar-refractivity contribution in [3.8, 4) is 0 Å². The maximum atomic E-state index is 2.62. The quantitative estimate of drug-likeness (QED) is 0.0560. The zero-order chi connectivity index (χ0) is 65.3. The Bertz CT molecular complexity index is 3000. The molecule has 0 N–H and O–H groups in total. The topological polar surface area (TPSA) is 0 Å². The fraction of sp³-hybridized carbons (Fsp3) is 0.455. The predicted octanol–water partition coefficient (Wildman–Crippen LogP) is 17.7. The molecule has 474 valence electrons. The van der Waals surface area contributed by atoms with E-state index in [0.717, 1.165) is 0 Å². The van der Waals surface area contributed by atoms with Crippen LogP contribution < -0.4 is 57.1 Å². The van der Waals surface area contributed by atoms with Crippen molar-refractivity contribution in [2.24, 2.45) is 0 Å². The monoisotopic (exact) mass is 1330 g/mol. The summed E-state index contributed by atoms with van der Waals surface area (Å²) in [7, 11) is -12.8. The largest absolute Gasteiger partial charge is 0.112 e. The Morgan fingerprint density at radius 1 is 0.195 bits per heavy atom. The summed E-state index contributed by atoms with van der Waals surface area (Å²) >= 11 is 0. The molecule has 0 aliphatic carbocycles. The molecule has 0 saturated heterocycles. The second-order valence-electron chi connectivity index (χ2n) is 33.0. The molecule has 0 radical (unpaired) electrons. The minimum Gasteiger partial charge on any atom is -0.0694 e. The molecule has 0 saturated carbocycles. The second-order valence-corrected chi connectivity index (χ2v) is 81.6. The normalized spacial score (nSPS) is 13.4. The van der Waals surface area contributed by atoms with Crippen molar-refractivity contribution in [1.82, 2.24) is 0 Å². The minimum atomic E-state index is -1.60. The summed E-state index contributed by atoms with van der Waals surface area (Å²) < 4.78 is 0. The van der Waals surface area contributed by atoms with E-state index < -0.39 is 80.7 Å². The van der Waals surface area contributed by atoms with Gasteiger partial charge in [-0.15, -0.1) is 0 Å². The Labute approximate surface area is 547 Å². The van der Waals surface area contributed by atoms with Gasteiger partial charge in [0, 0.05) is 8.07 Å². The first-order valence-corrected chi connectivity index (χ1v) is 66.3. The van der Waals surface area contributed by atoms with E-state index in [4.69, 9.17) is 0 Å². The van der Waals surface area contributed by atoms with Crippen LogP contribution >= 0.6 is 0 Å². The van der Waals surface area contributed by atoms with E-state index in [-0.39, 0.29) is 0 Å². The molecule has 0 spiro atoms. The average molecular weight is 1330 g/mol. The highest BCUT2D eigenvalue weighted by Crippen LogP contribution is 2.27. The van der Waals surface area contributed by atoms with Gasteiger partial charge < -0.3 is 0 Å². The highest BCUT2D eigenvalue weighted by atomic mass is 28.3. The molecule has 0 amide bonds. The lowest BCUT2D eigenvalue weighted by Gasteiger charge is -2.32. The molecule has 10 heteroatoms. The van der Waals surface area contributed by atoms with E-state index >= 15 is 0 Å². The Kier molecular flexibility index (Phi) is 28.3. The summed E-state index contributed by atoms with van der Waals surface area (Å²) in [6, 6.07) is 82.1. The molecule has 0 bridgehead atoms. The van der Waals surface area contributed by atoms with Crippen LogP contribution in [0.4, 0.5) is 0 Å². The Balaban J connectivity index is 0.000000252. The van der Waals surface area contributed by atoms with Gasteiger partial charge in [0.25, 0.3) is 0 Å². The Morgan fingerprint density at radius 3 is 0.701 bits per heavy atom. The third-order valence-electron chi connectivity index (χ3n) is 19.7. The third-order valence-corrected chi connectivity index (χ3v) is 52.6. The van der Waals surface area contributed by atoms with Crippen molar-refractivity contribution in [1.29, 1.82) is 0 Å². The number of hydrogen-bond acceptors (Lipinski definition) is 0. The highest BCUT2D eigenvalue weighted by Gasteiger charge is 2.34. The van der Waals surface area contributed by atoms with Crippen molar-refractivity contribution < 1.29 is 0 Å². The van der Waals surface area contributed by atoms with Crippen molar-refractivity contribution in [2.75, 3.05) is 0 Å². The lowest BCUT2D eigenvalue weighted by atomic mass is 10.3. The van der Waals surface area contributed by atoms with E-state index in [0.29, 0.717) is 0 Å². The van der Waals surface area contributed by atoms with Crippen molar-refractivity contribution in [3.05, 3.63) is 188 Å².